The largest absolute Gasteiger partial charge is 0.446 e. The van der Waals surface area contributed by atoms with Crippen LogP contribution in [0, 0.1) is 5.92 Å². The van der Waals surface area contributed by atoms with E-state index in [1.807, 2.05) is 18.2 Å². The van der Waals surface area contributed by atoms with Gasteiger partial charge in [-0.05, 0) is 30.7 Å². The van der Waals surface area contributed by atoms with Gasteiger partial charge in [0.1, 0.15) is 6.26 Å². The number of hydrogen-bond donors (Lipinski definition) is 2. The highest BCUT2D eigenvalue weighted by Gasteiger charge is 2.26. The molecule has 1 fully saturated rings. The molecule has 2 atom stereocenters. The van der Waals surface area contributed by atoms with Crippen molar-refractivity contribution in [2.24, 2.45) is 5.92 Å². The third kappa shape index (κ3) is 6.21. The highest BCUT2D eigenvalue weighted by atomic mass is 16.4. The second kappa shape index (κ2) is 10.3. The number of aliphatic hydroxyl groups excluding tert-OH is 1. The van der Waals surface area contributed by atoms with Crippen LogP contribution in [0.15, 0.2) is 47.2 Å². The van der Waals surface area contributed by atoms with Crippen LogP contribution >= 0.6 is 0 Å². The summed E-state index contributed by atoms with van der Waals surface area (Å²) in [6.45, 7) is 0. The molecule has 2 aromatic rings. The molecule has 0 bridgehead atoms. The Kier molecular flexibility index (Phi) is 7.45. The van der Waals surface area contributed by atoms with Crippen molar-refractivity contribution in [3.8, 4) is 0 Å². The molecule has 1 heterocycles. The molecule has 1 aromatic carbocycles. The molecule has 146 valence electrons. The fraction of sp³-hybridized carbons (Fsp3) is 0.545. The number of nitrogens with zero attached hydrogens (tertiary/aromatic N) is 1. The van der Waals surface area contributed by atoms with Crippen LogP contribution in [-0.4, -0.2) is 22.0 Å². The van der Waals surface area contributed by atoms with E-state index in [1.165, 1.54) is 50.1 Å². The van der Waals surface area contributed by atoms with Gasteiger partial charge in [-0.2, -0.15) is 0 Å². The maximum atomic E-state index is 12.5. The SMILES string of the molecule is O=C(CCC1CCCCC1)N[C@@H](CCc1ccccc1)C(O)c1ncco1. The molecule has 1 saturated carbocycles. The molecule has 27 heavy (non-hydrogen) atoms. The Morgan fingerprint density at radius 2 is 2.00 bits per heavy atom. The van der Waals surface area contributed by atoms with Crippen LogP contribution < -0.4 is 5.32 Å². The van der Waals surface area contributed by atoms with Crippen LogP contribution in [-0.2, 0) is 11.2 Å². The topological polar surface area (TPSA) is 75.4 Å². The van der Waals surface area contributed by atoms with Gasteiger partial charge in [-0.25, -0.2) is 4.98 Å². The van der Waals surface area contributed by atoms with Crippen LogP contribution in [0.4, 0.5) is 0 Å². The molecule has 1 amide bonds. The van der Waals surface area contributed by atoms with Gasteiger partial charge in [-0.1, -0.05) is 62.4 Å². The van der Waals surface area contributed by atoms with E-state index < -0.39 is 12.1 Å². The number of nitrogens with one attached hydrogen (secondary N) is 1. The summed E-state index contributed by atoms with van der Waals surface area (Å²) in [4.78, 5) is 16.6. The first kappa shape index (κ1) is 19.6. The second-order valence-electron chi connectivity index (χ2n) is 7.56. The van der Waals surface area contributed by atoms with Crippen LogP contribution in [0.2, 0.25) is 0 Å². The van der Waals surface area contributed by atoms with Crippen LogP contribution in [0.5, 0.6) is 0 Å². The van der Waals surface area contributed by atoms with Crippen LogP contribution in [0.1, 0.15) is 68.9 Å². The fourth-order valence-corrected chi connectivity index (χ4v) is 3.92. The lowest BCUT2D eigenvalue weighted by atomic mass is 9.86. The maximum Gasteiger partial charge on any atom is 0.224 e. The summed E-state index contributed by atoms with van der Waals surface area (Å²) < 4.78 is 5.25. The average molecular weight is 370 g/mol. The Hall–Kier alpha value is -2.14. The van der Waals surface area contributed by atoms with Crippen molar-refractivity contribution in [1.29, 1.82) is 0 Å². The molecule has 0 aliphatic heterocycles. The van der Waals surface area contributed by atoms with Crippen molar-refractivity contribution in [2.45, 2.75) is 69.9 Å². The molecule has 0 spiro atoms. The van der Waals surface area contributed by atoms with Crippen molar-refractivity contribution in [1.82, 2.24) is 10.3 Å². The van der Waals surface area contributed by atoms with E-state index in [4.69, 9.17) is 4.42 Å². The number of aromatic nitrogens is 1. The molecule has 5 nitrogen and oxygen atoms in total. The van der Waals surface area contributed by atoms with Gasteiger partial charge in [-0.3, -0.25) is 4.79 Å². The van der Waals surface area contributed by atoms with Gasteiger partial charge in [0.25, 0.3) is 0 Å². The van der Waals surface area contributed by atoms with E-state index in [1.54, 1.807) is 0 Å². The van der Waals surface area contributed by atoms with Crippen LogP contribution in [0.25, 0.3) is 0 Å². The van der Waals surface area contributed by atoms with Crippen molar-refractivity contribution in [2.75, 3.05) is 0 Å². The molecule has 0 saturated heterocycles. The number of aliphatic hydroxyl groups is 1. The lowest BCUT2D eigenvalue weighted by molar-refractivity contribution is -0.123. The molecule has 1 aromatic heterocycles. The minimum absolute atomic E-state index is 0.00393. The van der Waals surface area contributed by atoms with E-state index in [9.17, 15) is 9.90 Å². The zero-order valence-corrected chi connectivity index (χ0v) is 15.8. The molecule has 0 radical (unpaired) electrons. The van der Waals surface area contributed by atoms with E-state index >= 15 is 0 Å². The van der Waals surface area contributed by atoms with Gasteiger partial charge in [0.2, 0.25) is 11.8 Å². The average Bonchev–Trinajstić information content (AvgIpc) is 3.25. The van der Waals surface area contributed by atoms with E-state index in [2.05, 4.69) is 22.4 Å². The first-order valence-electron chi connectivity index (χ1n) is 10.1. The maximum absolute atomic E-state index is 12.5. The van der Waals surface area contributed by atoms with Crippen molar-refractivity contribution < 1.29 is 14.3 Å². The third-order valence-corrected chi connectivity index (χ3v) is 5.52. The lowest BCUT2D eigenvalue weighted by Gasteiger charge is -2.24. The number of amides is 1. The third-order valence-electron chi connectivity index (χ3n) is 5.52. The molecular formula is C22H30N2O3. The van der Waals surface area contributed by atoms with Gasteiger partial charge in [0, 0.05) is 6.42 Å². The van der Waals surface area contributed by atoms with Gasteiger partial charge in [0.15, 0.2) is 6.10 Å². The zero-order chi connectivity index (χ0) is 18.9. The predicted molar refractivity (Wildman–Crippen MR) is 104 cm³/mol. The van der Waals surface area contributed by atoms with E-state index in [0.29, 0.717) is 18.8 Å². The summed E-state index contributed by atoms with van der Waals surface area (Å²) >= 11 is 0. The molecule has 1 aliphatic rings. The van der Waals surface area contributed by atoms with Crippen molar-refractivity contribution in [3.63, 3.8) is 0 Å². The Morgan fingerprint density at radius 3 is 2.70 bits per heavy atom. The summed E-state index contributed by atoms with van der Waals surface area (Å²) in [5.41, 5.74) is 1.18. The number of carbonyl (C=O) groups is 1. The second-order valence-corrected chi connectivity index (χ2v) is 7.56. The number of oxazole rings is 1. The van der Waals surface area contributed by atoms with Crippen LogP contribution in [0.3, 0.4) is 0 Å². The fourth-order valence-electron chi connectivity index (χ4n) is 3.92. The summed E-state index contributed by atoms with van der Waals surface area (Å²) in [5, 5.41) is 13.7. The number of aryl methyl sites for hydroxylation is 1. The predicted octanol–water partition coefficient (Wildman–Crippen LogP) is 4.19. The first-order valence-corrected chi connectivity index (χ1v) is 10.1. The summed E-state index contributed by atoms with van der Waals surface area (Å²) in [7, 11) is 0. The van der Waals surface area contributed by atoms with Gasteiger partial charge < -0.3 is 14.8 Å². The zero-order valence-electron chi connectivity index (χ0n) is 15.8. The van der Waals surface area contributed by atoms with Gasteiger partial charge in [-0.15, -0.1) is 0 Å². The van der Waals surface area contributed by atoms with Crippen molar-refractivity contribution >= 4 is 5.91 Å². The molecule has 5 heteroatoms. The monoisotopic (exact) mass is 370 g/mol. The number of rotatable bonds is 9. The Balaban J connectivity index is 1.55. The lowest BCUT2D eigenvalue weighted by Crippen LogP contribution is -2.40. The highest BCUT2D eigenvalue weighted by Crippen LogP contribution is 2.27. The Labute approximate surface area is 161 Å². The minimum Gasteiger partial charge on any atom is -0.446 e. The summed E-state index contributed by atoms with van der Waals surface area (Å²) in [5.74, 6) is 0.925. The number of hydrogen-bond acceptors (Lipinski definition) is 4. The summed E-state index contributed by atoms with van der Waals surface area (Å²) in [6.07, 6.45) is 11.2. The van der Waals surface area contributed by atoms with E-state index in [-0.39, 0.29) is 11.8 Å². The minimum atomic E-state index is -0.942. The number of benzene rings is 1. The standard InChI is InChI=1S/C22H30N2O3/c25-20(14-12-18-9-5-2-6-10-18)24-19(21(26)22-23-15-16-27-22)13-11-17-7-3-1-4-8-17/h1,3-4,7-8,15-16,18-19,21,26H,2,5-6,9-14H2,(H,24,25)/t19-,21?/m0/s1. The Bertz CT molecular complexity index is 666. The Morgan fingerprint density at radius 1 is 1.22 bits per heavy atom. The smallest absolute Gasteiger partial charge is 0.224 e. The number of carbonyl (C=O) groups excluding carboxylic acids is 1. The van der Waals surface area contributed by atoms with Gasteiger partial charge in [0.05, 0.1) is 12.2 Å². The molecule has 1 aliphatic carbocycles. The van der Waals surface area contributed by atoms with E-state index in [0.717, 1.165) is 12.8 Å². The molecule has 3 rings (SSSR count). The van der Waals surface area contributed by atoms with Crippen molar-refractivity contribution in [3.05, 3.63) is 54.2 Å². The normalized spacial score (nSPS) is 17.4. The first-order chi connectivity index (χ1) is 13.2. The highest BCUT2D eigenvalue weighted by molar-refractivity contribution is 5.76. The molecule has 2 N–H and O–H groups in total. The molecular weight excluding hydrogens is 340 g/mol. The molecule has 1 unspecified atom stereocenters. The van der Waals surface area contributed by atoms with Gasteiger partial charge >= 0.3 is 0 Å². The summed E-state index contributed by atoms with van der Waals surface area (Å²) in [6, 6.07) is 9.67. The quantitative estimate of drug-likeness (QED) is 0.694.